The summed E-state index contributed by atoms with van der Waals surface area (Å²) in [5.41, 5.74) is 0.361. The molecule has 3 rings (SSSR count). The van der Waals surface area contributed by atoms with Crippen molar-refractivity contribution in [3.8, 4) is 0 Å². The number of hydrogen-bond donors (Lipinski definition) is 1. The van der Waals surface area contributed by atoms with Gasteiger partial charge in [-0.1, -0.05) is 12.8 Å². The van der Waals surface area contributed by atoms with Crippen molar-refractivity contribution in [2.45, 2.75) is 37.8 Å². The Morgan fingerprint density at radius 1 is 1.32 bits per heavy atom. The third-order valence-electron chi connectivity index (χ3n) is 4.02. The minimum atomic E-state index is -0.186. The number of hydrogen-bond acceptors (Lipinski definition) is 3. The van der Waals surface area contributed by atoms with Gasteiger partial charge in [-0.25, -0.2) is 0 Å². The smallest absolute Gasteiger partial charge is 0.255 e. The molecular formula is C14H18N2O3. The lowest BCUT2D eigenvalue weighted by Crippen LogP contribution is -2.54. The summed E-state index contributed by atoms with van der Waals surface area (Å²) in [5, 5.41) is 0. The van der Waals surface area contributed by atoms with Crippen molar-refractivity contribution in [1.82, 2.24) is 9.88 Å². The molecule has 0 radical (unpaired) electrons. The first-order valence-electron chi connectivity index (χ1n) is 6.87. The molecule has 1 saturated heterocycles. The van der Waals surface area contributed by atoms with E-state index in [1.807, 2.05) is 4.90 Å². The highest BCUT2D eigenvalue weighted by Gasteiger charge is 2.36. The second kappa shape index (κ2) is 5.17. The quantitative estimate of drug-likeness (QED) is 0.826. The van der Waals surface area contributed by atoms with Crippen molar-refractivity contribution in [2.24, 2.45) is 0 Å². The van der Waals surface area contributed by atoms with E-state index in [4.69, 9.17) is 4.74 Å². The number of pyridine rings is 1. The molecule has 0 unspecified atom stereocenters. The molecule has 1 saturated carbocycles. The molecule has 0 aromatic carbocycles. The van der Waals surface area contributed by atoms with E-state index in [2.05, 4.69) is 4.98 Å². The van der Waals surface area contributed by atoms with Gasteiger partial charge in [-0.05, 0) is 18.9 Å². The second-order valence-corrected chi connectivity index (χ2v) is 5.20. The summed E-state index contributed by atoms with van der Waals surface area (Å²) in [6, 6.07) is 3.18. The molecule has 2 aliphatic rings. The maximum Gasteiger partial charge on any atom is 0.255 e. The highest BCUT2D eigenvalue weighted by molar-refractivity contribution is 5.94. The fourth-order valence-electron chi connectivity index (χ4n) is 3.06. The van der Waals surface area contributed by atoms with E-state index in [-0.39, 0.29) is 23.6 Å². The molecule has 2 fully saturated rings. The van der Waals surface area contributed by atoms with E-state index >= 15 is 0 Å². The predicted octanol–water partition coefficient (Wildman–Crippen LogP) is 1.16. The number of fused-ring (bicyclic) bond motifs is 1. The van der Waals surface area contributed by atoms with Crippen LogP contribution in [0.1, 0.15) is 36.0 Å². The first kappa shape index (κ1) is 12.4. The number of amides is 1. The number of carbonyl (C=O) groups is 1. The highest BCUT2D eigenvalue weighted by Crippen LogP contribution is 2.29. The van der Waals surface area contributed by atoms with Crippen LogP contribution >= 0.6 is 0 Å². The molecule has 19 heavy (non-hydrogen) atoms. The van der Waals surface area contributed by atoms with Crippen LogP contribution in [0.25, 0.3) is 0 Å². The van der Waals surface area contributed by atoms with Crippen LogP contribution in [0.15, 0.2) is 23.1 Å². The van der Waals surface area contributed by atoms with E-state index in [1.165, 1.54) is 18.7 Å². The summed E-state index contributed by atoms with van der Waals surface area (Å²) >= 11 is 0. The third-order valence-corrected chi connectivity index (χ3v) is 4.02. The Kier molecular flexibility index (Phi) is 3.38. The highest BCUT2D eigenvalue weighted by atomic mass is 16.5. The van der Waals surface area contributed by atoms with Crippen LogP contribution in [0.2, 0.25) is 0 Å². The van der Waals surface area contributed by atoms with E-state index in [1.54, 1.807) is 6.07 Å². The average Bonchev–Trinajstić information content (AvgIpc) is 2.47. The zero-order chi connectivity index (χ0) is 13.2. The lowest BCUT2D eigenvalue weighted by atomic mass is 9.90. The zero-order valence-corrected chi connectivity index (χ0v) is 10.8. The van der Waals surface area contributed by atoms with Gasteiger partial charge in [0.05, 0.1) is 24.3 Å². The standard InChI is InChI=1S/C14H18N2O3/c17-13-6-5-10(9-15-13)14(18)16-7-8-19-12-4-2-1-3-11(12)16/h5-6,9,11-12H,1-4,7-8H2,(H,15,17)/t11-,12-/m1/s1. The van der Waals surface area contributed by atoms with Crippen molar-refractivity contribution < 1.29 is 9.53 Å². The van der Waals surface area contributed by atoms with E-state index in [0.29, 0.717) is 18.7 Å². The molecule has 2 atom stereocenters. The molecule has 2 heterocycles. The van der Waals surface area contributed by atoms with Gasteiger partial charge in [0.15, 0.2) is 0 Å². The van der Waals surface area contributed by atoms with Gasteiger partial charge in [-0.15, -0.1) is 0 Å². The van der Waals surface area contributed by atoms with Gasteiger partial charge < -0.3 is 14.6 Å². The van der Waals surface area contributed by atoms with Crippen LogP contribution in [0.3, 0.4) is 0 Å². The SMILES string of the molecule is O=C(c1ccc(=O)[nH]c1)N1CCO[C@@H]2CCCC[C@H]21. The van der Waals surface area contributed by atoms with Gasteiger partial charge >= 0.3 is 0 Å². The van der Waals surface area contributed by atoms with Crippen LogP contribution in [0.4, 0.5) is 0 Å². The maximum atomic E-state index is 12.5. The number of nitrogens with one attached hydrogen (secondary N) is 1. The fourth-order valence-corrected chi connectivity index (χ4v) is 3.06. The summed E-state index contributed by atoms with van der Waals surface area (Å²) in [6.07, 6.45) is 6.08. The van der Waals surface area contributed by atoms with Crippen LogP contribution in [-0.2, 0) is 4.74 Å². The Hall–Kier alpha value is -1.62. The normalized spacial score (nSPS) is 26.8. The average molecular weight is 262 g/mol. The minimum absolute atomic E-state index is 0.00329. The molecule has 1 aromatic heterocycles. The number of carbonyl (C=O) groups excluding carboxylic acids is 1. The molecule has 5 nitrogen and oxygen atoms in total. The summed E-state index contributed by atoms with van der Waals surface area (Å²) in [6.45, 7) is 1.25. The molecule has 0 bridgehead atoms. The van der Waals surface area contributed by atoms with Crippen molar-refractivity contribution in [1.29, 1.82) is 0 Å². The summed E-state index contributed by atoms with van der Waals surface area (Å²) in [7, 11) is 0. The number of morpholine rings is 1. The van der Waals surface area contributed by atoms with Crippen molar-refractivity contribution in [2.75, 3.05) is 13.2 Å². The first-order chi connectivity index (χ1) is 9.25. The van der Waals surface area contributed by atoms with Gasteiger partial charge in [0.25, 0.3) is 5.91 Å². The lowest BCUT2D eigenvalue weighted by Gasteiger charge is -2.43. The number of H-pyrrole nitrogens is 1. The molecule has 5 heteroatoms. The van der Waals surface area contributed by atoms with Crippen molar-refractivity contribution in [3.63, 3.8) is 0 Å². The maximum absolute atomic E-state index is 12.5. The number of aromatic amines is 1. The number of nitrogens with zero attached hydrogens (tertiary/aromatic N) is 1. The number of rotatable bonds is 1. The van der Waals surface area contributed by atoms with Gasteiger partial charge in [0, 0.05) is 18.8 Å². The topological polar surface area (TPSA) is 62.4 Å². The lowest BCUT2D eigenvalue weighted by molar-refractivity contribution is -0.0752. The summed E-state index contributed by atoms with van der Waals surface area (Å²) in [4.78, 5) is 28.0. The van der Waals surface area contributed by atoms with Crippen molar-refractivity contribution >= 4 is 5.91 Å². The molecular weight excluding hydrogens is 244 g/mol. The Bertz CT molecular complexity index is 503. The monoisotopic (exact) mass is 262 g/mol. The molecule has 1 N–H and O–H groups in total. The van der Waals surface area contributed by atoms with Gasteiger partial charge in [-0.2, -0.15) is 0 Å². The Balaban J connectivity index is 1.81. The number of ether oxygens (including phenoxy) is 1. The van der Waals surface area contributed by atoms with E-state index in [0.717, 1.165) is 19.3 Å². The van der Waals surface area contributed by atoms with Crippen LogP contribution in [0.5, 0.6) is 0 Å². The van der Waals surface area contributed by atoms with E-state index < -0.39 is 0 Å². The molecule has 1 aliphatic heterocycles. The largest absolute Gasteiger partial charge is 0.374 e. The Labute approximate surface area is 111 Å². The summed E-state index contributed by atoms with van der Waals surface area (Å²) < 4.78 is 5.77. The predicted molar refractivity (Wildman–Crippen MR) is 70.1 cm³/mol. The van der Waals surface area contributed by atoms with Gasteiger partial charge in [-0.3, -0.25) is 9.59 Å². The van der Waals surface area contributed by atoms with Crippen LogP contribution in [0, 0.1) is 0 Å². The summed E-state index contributed by atoms with van der Waals surface area (Å²) in [5.74, 6) is -0.00329. The molecule has 0 spiro atoms. The van der Waals surface area contributed by atoms with Crippen molar-refractivity contribution in [3.05, 3.63) is 34.2 Å². The third kappa shape index (κ3) is 2.42. The fraction of sp³-hybridized carbons (Fsp3) is 0.571. The molecule has 102 valence electrons. The molecule has 1 amide bonds. The second-order valence-electron chi connectivity index (χ2n) is 5.20. The van der Waals surface area contributed by atoms with Crippen LogP contribution in [-0.4, -0.2) is 41.1 Å². The number of aromatic nitrogens is 1. The molecule has 1 aliphatic carbocycles. The Morgan fingerprint density at radius 2 is 2.16 bits per heavy atom. The minimum Gasteiger partial charge on any atom is -0.374 e. The van der Waals surface area contributed by atoms with Gasteiger partial charge in [0.1, 0.15) is 0 Å². The van der Waals surface area contributed by atoms with Crippen LogP contribution < -0.4 is 5.56 Å². The zero-order valence-electron chi connectivity index (χ0n) is 10.8. The van der Waals surface area contributed by atoms with Gasteiger partial charge in [0.2, 0.25) is 5.56 Å². The van der Waals surface area contributed by atoms with E-state index in [9.17, 15) is 9.59 Å². The Morgan fingerprint density at radius 3 is 2.95 bits per heavy atom. The molecule has 1 aromatic rings. The first-order valence-corrected chi connectivity index (χ1v) is 6.87.